The van der Waals surface area contributed by atoms with Gasteiger partial charge in [0.15, 0.2) is 0 Å². The number of rotatable bonds is 4. The largest absolute Gasteiger partial charge is 0.311 e. The van der Waals surface area contributed by atoms with Gasteiger partial charge in [-0.3, -0.25) is 0 Å². The van der Waals surface area contributed by atoms with Gasteiger partial charge < -0.3 is 5.32 Å². The van der Waals surface area contributed by atoms with Crippen LogP contribution < -0.4 is 5.32 Å². The maximum Gasteiger partial charge on any atom is 0.0178 e. The van der Waals surface area contributed by atoms with E-state index in [1.165, 1.54) is 57.9 Å². The standard InChI is InChI=1S/C12H25N/c1-3-11-13-12(4-2)9-7-5-6-8-10-12/h13H,3-11H2,1-2H3. The summed E-state index contributed by atoms with van der Waals surface area (Å²) in [4.78, 5) is 0. The summed E-state index contributed by atoms with van der Waals surface area (Å²) in [7, 11) is 0. The molecule has 0 aromatic heterocycles. The molecule has 0 unspecified atom stereocenters. The molecule has 78 valence electrons. The Morgan fingerprint density at radius 3 is 2.08 bits per heavy atom. The molecule has 1 heteroatoms. The van der Waals surface area contributed by atoms with Crippen LogP contribution in [0, 0.1) is 0 Å². The van der Waals surface area contributed by atoms with E-state index in [9.17, 15) is 0 Å². The molecular weight excluding hydrogens is 158 g/mol. The van der Waals surface area contributed by atoms with E-state index in [4.69, 9.17) is 0 Å². The molecule has 0 radical (unpaired) electrons. The van der Waals surface area contributed by atoms with Gasteiger partial charge in [-0.05, 0) is 32.2 Å². The molecule has 1 rings (SSSR count). The third-order valence-corrected chi connectivity index (χ3v) is 3.49. The van der Waals surface area contributed by atoms with Gasteiger partial charge >= 0.3 is 0 Å². The third-order valence-electron chi connectivity index (χ3n) is 3.49. The lowest BCUT2D eigenvalue weighted by atomic mass is 9.87. The van der Waals surface area contributed by atoms with Crippen LogP contribution in [0.2, 0.25) is 0 Å². The van der Waals surface area contributed by atoms with Crippen LogP contribution in [-0.4, -0.2) is 12.1 Å². The number of hydrogen-bond donors (Lipinski definition) is 1. The molecule has 1 N–H and O–H groups in total. The van der Waals surface area contributed by atoms with Crippen molar-refractivity contribution in [2.45, 2.75) is 70.8 Å². The van der Waals surface area contributed by atoms with E-state index < -0.39 is 0 Å². The van der Waals surface area contributed by atoms with Crippen molar-refractivity contribution in [3.05, 3.63) is 0 Å². The van der Waals surface area contributed by atoms with Crippen LogP contribution >= 0.6 is 0 Å². The Morgan fingerprint density at radius 2 is 1.62 bits per heavy atom. The van der Waals surface area contributed by atoms with Crippen molar-refractivity contribution < 1.29 is 0 Å². The number of hydrogen-bond acceptors (Lipinski definition) is 1. The summed E-state index contributed by atoms with van der Waals surface area (Å²) in [6.45, 7) is 5.80. The molecule has 1 nitrogen and oxygen atoms in total. The second kappa shape index (κ2) is 5.64. The molecule has 1 saturated carbocycles. The molecule has 0 bridgehead atoms. The Bertz CT molecular complexity index is 123. The first-order valence-electron chi connectivity index (χ1n) is 6.08. The molecule has 0 amide bonds. The fourth-order valence-corrected chi connectivity index (χ4v) is 2.45. The smallest absolute Gasteiger partial charge is 0.0178 e. The zero-order valence-electron chi connectivity index (χ0n) is 9.36. The Balaban J connectivity index is 2.43. The average Bonchev–Trinajstić information content (AvgIpc) is 2.41. The van der Waals surface area contributed by atoms with E-state index >= 15 is 0 Å². The first-order chi connectivity index (χ1) is 6.33. The molecule has 0 aliphatic heterocycles. The van der Waals surface area contributed by atoms with Gasteiger partial charge in [-0.1, -0.05) is 39.5 Å². The highest BCUT2D eigenvalue weighted by atomic mass is 15.0. The quantitative estimate of drug-likeness (QED) is 0.658. The monoisotopic (exact) mass is 183 g/mol. The Hall–Kier alpha value is -0.0400. The second-order valence-corrected chi connectivity index (χ2v) is 4.47. The van der Waals surface area contributed by atoms with Gasteiger partial charge in [-0.2, -0.15) is 0 Å². The molecule has 1 fully saturated rings. The molecule has 1 aliphatic carbocycles. The van der Waals surface area contributed by atoms with Crippen LogP contribution in [0.1, 0.15) is 65.2 Å². The second-order valence-electron chi connectivity index (χ2n) is 4.47. The minimum Gasteiger partial charge on any atom is -0.311 e. The van der Waals surface area contributed by atoms with Crippen molar-refractivity contribution in [3.63, 3.8) is 0 Å². The normalized spacial score (nSPS) is 22.6. The minimum atomic E-state index is 0.506. The molecular formula is C12H25N. The van der Waals surface area contributed by atoms with Crippen LogP contribution in [0.25, 0.3) is 0 Å². The SMILES string of the molecule is CCCNC1(CC)CCCCCC1. The van der Waals surface area contributed by atoms with E-state index in [0.29, 0.717) is 5.54 Å². The summed E-state index contributed by atoms with van der Waals surface area (Å²) in [6.07, 6.45) is 11.2. The first kappa shape index (κ1) is 11.0. The predicted molar refractivity (Wildman–Crippen MR) is 59.0 cm³/mol. The molecule has 0 atom stereocenters. The zero-order chi connectivity index (χ0) is 9.57. The van der Waals surface area contributed by atoms with Crippen molar-refractivity contribution in [1.29, 1.82) is 0 Å². The van der Waals surface area contributed by atoms with E-state index in [1.54, 1.807) is 0 Å². The fraction of sp³-hybridized carbons (Fsp3) is 1.00. The molecule has 0 aromatic carbocycles. The maximum atomic E-state index is 3.77. The van der Waals surface area contributed by atoms with Crippen molar-refractivity contribution in [3.8, 4) is 0 Å². The molecule has 13 heavy (non-hydrogen) atoms. The topological polar surface area (TPSA) is 12.0 Å². The highest BCUT2D eigenvalue weighted by Gasteiger charge is 2.27. The first-order valence-corrected chi connectivity index (χ1v) is 6.08. The fourth-order valence-electron chi connectivity index (χ4n) is 2.45. The molecule has 0 saturated heterocycles. The van der Waals surface area contributed by atoms with Crippen molar-refractivity contribution in [2.75, 3.05) is 6.54 Å². The average molecular weight is 183 g/mol. The summed E-state index contributed by atoms with van der Waals surface area (Å²) in [5.74, 6) is 0. The van der Waals surface area contributed by atoms with Crippen LogP contribution in [-0.2, 0) is 0 Å². The Morgan fingerprint density at radius 1 is 1.00 bits per heavy atom. The maximum absolute atomic E-state index is 3.77. The van der Waals surface area contributed by atoms with Gasteiger partial charge in [0.1, 0.15) is 0 Å². The Kier molecular flexibility index (Phi) is 4.79. The summed E-state index contributed by atoms with van der Waals surface area (Å²) in [5, 5.41) is 3.77. The Labute approximate surface area is 83.3 Å². The van der Waals surface area contributed by atoms with E-state index in [2.05, 4.69) is 19.2 Å². The van der Waals surface area contributed by atoms with Crippen molar-refractivity contribution in [2.24, 2.45) is 0 Å². The summed E-state index contributed by atoms with van der Waals surface area (Å²) in [6, 6.07) is 0. The lowest BCUT2D eigenvalue weighted by Crippen LogP contribution is -2.44. The van der Waals surface area contributed by atoms with Crippen LogP contribution in [0.15, 0.2) is 0 Å². The summed E-state index contributed by atoms with van der Waals surface area (Å²) in [5.41, 5.74) is 0.506. The zero-order valence-corrected chi connectivity index (χ0v) is 9.36. The minimum absolute atomic E-state index is 0.506. The van der Waals surface area contributed by atoms with Crippen LogP contribution in [0.4, 0.5) is 0 Å². The van der Waals surface area contributed by atoms with Gasteiger partial charge in [-0.15, -0.1) is 0 Å². The van der Waals surface area contributed by atoms with Crippen molar-refractivity contribution >= 4 is 0 Å². The molecule has 0 aromatic rings. The molecule has 0 spiro atoms. The summed E-state index contributed by atoms with van der Waals surface area (Å²) >= 11 is 0. The highest BCUT2D eigenvalue weighted by molar-refractivity contribution is 4.88. The van der Waals surface area contributed by atoms with E-state index in [0.717, 1.165) is 0 Å². The van der Waals surface area contributed by atoms with Gasteiger partial charge in [-0.25, -0.2) is 0 Å². The van der Waals surface area contributed by atoms with Crippen molar-refractivity contribution in [1.82, 2.24) is 5.32 Å². The number of nitrogens with one attached hydrogen (secondary N) is 1. The van der Waals surface area contributed by atoms with Gasteiger partial charge in [0.2, 0.25) is 0 Å². The van der Waals surface area contributed by atoms with Gasteiger partial charge in [0.25, 0.3) is 0 Å². The highest BCUT2D eigenvalue weighted by Crippen LogP contribution is 2.29. The van der Waals surface area contributed by atoms with E-state index in [1.807, 2.05) is 0 Å². The molecule has 0 heterocycles. The molecule has 1 aliphatic rings. The van der Waals surface area contributed by atoms with Gasteiger partial charge in [0.05, 0.1) is 0 Å². The van der Waals surface area contributed by atoms with E-state index in [-0.39, 0.29) is 0 Å². The summed E-state index contributed by atoms with van der Waals surface area (Å²) < 4.78 is 0. The lowest BCUT2D eigenvalue weighted by Gasteiger charge is -2.33. The van der Waals surface area contributed by atoms with Crippen LogP contribution in [0.5, 0.6) is 0 Å². The van der Waals surface area contributed by atoms with Crippen LogP contribution in [0.3, 0.4) is 0 Å². The lowest BCUT2D eigenvalue weighted by molar-refractivity contribution is 0.275. The third kappa shape index (κ3) is 3.30. The van der Waals surface area contributed by atoms with Gasteiger partial charge in [0, 0.05) is 5.54 Å². The predicted octanol–water partition coefficient (Wildman–Crippen LogP) is 3.49.